The minimum Gasteiger partial charge on any atom is -0.351 e. The second kappa shape index (κ2) is 6.37. The van der Waals surface area contributed by atoms with E-state index in [9.17, 15) is 9.59 Å². The zero-order valence-electron chi connectivity index (χ0n) is 10.2. The van der Waals surface area contributed by atoms with Crippen molar-refractivity contribution >= 4 is 23.5 Å². The number of primary amides is 1. The van der Waals surface area contributed by atoms with E-state index in [0.717, 1.165) is 5.56 Å². The molecule has 6 heteroatoms. The Morgan fingerprint density at radius 3 is 2.56 bits per heavy atom. The third-order valence-corrected chi connectivity index (χ3v) is 2.72. The van der Waals surface area contributed by atoms with Crippen molar-refractivity contribution in [2.24, 2.45) is 5.73 Å². The fourth-order valence-corrected chi connectivity index (χ4v) is 1.75. The first kappa shape index (κ1) is 14.5. The Kier molecular flexibility index (Phi) is 5.12. The zero-order valence-corrected chi connectivity index (χ0v) is 11.0. The predicted molar refractivity (Wildman–Crippen MR) is 70.2 cm³/mol. The van der Waals surface area contributed by atoms with Crippen molar-refractivity contribution in [1.29, 1.82) is 0 Å². The summed E-state index contributed by atoms with van der Waals surface area (Å²) in [5.41, 5.74) is 5.84. The number of imide groups is 1. The molecule has 1 aromatic rings. The molecule has 98 valence electrons. The Morgan fingerprint density at radius 2 is 2.00 bits per heavy atom. The number of amides is 3. The molecule has 4 N–H and O–H groups in total. The summed E-state index contributed by atoms with van der Waals surface area (Å²) in [5, 5.41) is 5.71. The number of benzene rings is 1. The van der Waals surface area contributed by atoms with Gasteiger partial charge in [0.1, 0.15) is 0 Å². The molecule has 0 aromatic heterocycles. The van der Waals surface area contributed by atoms with Gasteiger partial charge in [-0.25, -0.2) is 4.79 Å². The second-order valence-electron chi connectivity index (χ2n) is 4.02. The van der Waals surface area contributed by atoms with Gasteiger partial charge in [0.15, 0.2) is 0 Å². The second-order valence-corrected chi connectivity index (χ2v) is 4.45. The van der Waals surface area contributed by atoms with Crippen LogP contribution >= 0.6 is 11.6 Å². The van der Waals surface area contributed by atoms with E-state index < -0.39 is 18.0 Å². The Morgan fingerprint density at radius 1 is 1.33 bits per heavy atom. The van der Waals surface area contributed by atoms with E-state index in [1.165, 1.54) is 0 Å². The molecular formula is C12H16ClN3O2. The average molecular weight is 270 g/mol. The Hall–Kier alpha value is -1.59. The van der Waals surface area contributed by atoms with E-state index in [1.807, 2.05) is 30.4 Å². The monoisotopic (exact) mass is 269 g/mol. The summed E-state index contributed by atoms with van der Waals surface area (Å²) in [7, 11) is 0. The molecule has 18 heavy (non-hydrogen) atoms. The van der Waals surface area contributed by atoms with Crippen molar-refractivity contribution in [2.45, 2.75) is 25.9 Å². The molecule has 0 aliphatic carbocycles. The molecule has 0 spiro atoms. The van der Waals surface area contributed by atoms with Crippen molar-refractivity contribution in [3.63, 3.8) is 0 Å². The molecule has 0 aliphatic rings. The fraction of sp³-hybridized carbons (Fsp3) is 0.333. The SMILES string of the molecule is C[C@H](N[C@@H](C)c1cccc(Cl)c1)C(=O)NC(N)=O. The lowest BCUT2D eigenvalue weighted by atomic mass is 10.1. The molecule has 0 heterocycles. The molecule has 2 atom stereocenters. The van der Waals surface area contributed by atoms with Gasteiger partial charge in [-0.1, -0.05) is 23.7 Å². The third kappa shape index (κ3) is 4.35. The van der Waals surface area contributed by atoms with Crippen molar-refractivity contribution in [3.05, 3.63) is 34.9 Å². The first-order valence-corrected chi connectivity index (χ1v) is 5.89. The normalized spacial score (nSPS) is 13.7. The van der Waals surface area contributed by atoms with Gasteiger partial charge < -0.3 is 5.73 Å². The maximum absolute atomic E-state index is 11.5. The van der Waals surface area contributed by atoms with E-state index in [4.69, 9.17) is 17.3 Å². The lowest BCUT2D eigenvalue weighted by Gasteiger charge is -2.19. The van der Waals surface area contributed by atoms with Gasteiger partial charge in [0.25, 0.3) is 0 Å². The van der Waals surface area contributed by atoms with Gasteiger partial charge in [-0.05, 0) is 31.5 Å². The van der Waals surface area contributed by atoms with Crippen LogP contribution in [0.1, 0.15) is 25.5 Å². The largest absolute Gasteiger partial charge is 0.351 e. The Bertz CT molecular complexity index is 451. The highest BCUT2D eigenvalue weighted by Gasteiger charge is 2.17. The number of hydrogen-bond donors (Lipinski definition) is 3. The Balaban J connectivity index is 2.61. The molecule has 0 unspecified atom stereocenters. The van der Waals surface area contributed by atoms with E-state index in [2.05, 4.69) is 5.32 Å². The van der Waals surface area contributed by atoms with Gasteiger partial charge in [0, 0.05) is 11.1 Å². The van der Waals surface area contributed by atoms with Crippen LogP contribution < -0.4 is 16.4 Å². The van der Waals surface area contributed by atoms with E-state index in [-0.39, 0.29) is 6.04 Å². The van der Waals surface area contributed by atoms with Crippen LogP contribution in [-0.4, -0.2) is 18.0 Å². The highest BCUT2D eigenvalue weighted by Crippen LogP contribution is 2.17. The summed E-state index contributed by atoms with van der Waals surface area (Å²) in [6, 6.07) is 5.87. The minimum absolute atomic E-state index is 0.0719. The number of nitrogens with two attached hydrogens (primary N) is 1. The Labute approximate surface area is 111 Å². The number of carbonyl (C=O) groups is 2. The van der Waals surface area contributed by atoms with Crippen LogP contribution in [0.4, 0.5) is 4.79 Å². The van der Waals surface area contributed by atoms with Crippen molar-refractivity contribution < 1.29 is 9.59 Å². The smallest absolute Gasteiger partial charge is 0.318 e. The zero-order chi connectivity index (χ0) is 13.7. The van der Waals surface area contributed by atoms with Gasteiger partial charge >= 0.3 is 6.03 Å². The molecule has 0 fully saturated rings. The van der Waals surface area contributed by atoms with Crippen molar-refractivity contribution in [2.75, 3.05) is 0 Å². The first-order valence-electron chi connectivity index (χ1n) is 5.52. The highest BCUT2D eigenvalue weighted by atomic mass is 35.5. The molecule has 0 saturated carbocycles. The van der Waals surface area contributed by atoms with Crippen LogP contribution in [0.25, 0.3) is 0 Å². The van der Waals surface area contributed by atoms with Gasteiger partial charge in [0.2, 0.25) is 5.91 Å². The average Bonchev–Trinajstić information content (AvgIpc) is 2.27. The van der Waals surface area contributed by atoms with Gasteiger partial charge in [-0.3, -0.25) is 15.4 Å². The molecule has 1 aromatic carbocycles. The van der Waals surface area contributed by atoms with E-state index in [0.29, 0.717) is 5.02 Å². The van der Waals surface area contributed by atoms with E-state index >= 15 is 0 Å². The topological polar surface area (TPSA) is 84.2 Å². The molecule has 0 bridgehead atoms. The number of urea groups is 1. The maximum Gasteiger partial charge on any atom is 0.318 e. The predicted octanol–water partition coefficient (Wildman–Crippen LogP) is 1.57. The number of rotatable bonds is 4. The molecule has 5 nitrogen and oxygen atoms in total. The molecule has 1 rings (SSSR count). The molecule has 0 radical (unpaired) electrons. The number of hydrogen-bond acceptors (Lipinski definition) is 3. The number of carbonyl (C=O) groups excluding carboxylic acids is 2. The van der Waals surface area contributed by atoms with Crippen LogP contribution in [0.2, 0.25) is 5.02 Å². The quantitative estimate of drug-likeness (QED) is 0.776. The lowest BCUT2D eigenvalue weighted by molar-refractivity contribution is -0.121. The van der Waals surface area contributed by atoms with Crippen LogP contribution in [0.3, 0.4) is 0 Å². The molecular weight excluding hydrogens is 254 g/mol. The first-order chi connectivity index (χ1) is 8.40. The van der Waals surface area contributed by atoms with Gasteiger partial charge in [0.05, 0.1) is 6.04 Å². The molecule has 3 amide bonds. The van der Waals surface area contributed by atoms with Gasteiger partial charge in [-0.15, -0.1) is 0 Å². The summed E-state index contributed by atoms with van der Waals surface area (Å²) in [6.45, 7) is 3.55. The summed E-state index contributed by atoms with van der Waals surface area (Å²) < 4.78 is 0. The van der Waals surface area contributed by atoms with Crippen LogP contribution in [0, 0.1) is 0 Å². The van der Waals surface area contributed by atoms with Crippen molar-refractivity contribution in [1.82, 2.24) is 10.6 Å². The van der Waals surface area contributed by atoms with Crippen LogP contribution in [0.15, 0.2) is 24.3 Å². The standard InChI is InChI=1S/C12H16ClN3O2/c1-7(9-4-3-5-10(13)6-9)15-8(2)11(17)16-12(14)18/h3-8,15H,1-2H3,(H3,14,16,17,18)/t7-,8-/m0/s1. The molecule has 0 saturated heterocycles. The molecule has 0 aliphatic heterocycles. The van der Waals surface area contributed by atoms with Gasteiger partial charge in [-0.2, -0.15) is 0 Å². The van der Waals surface area contributed by atoms with E-state index in [1.54, 1.807) is 13.0 Å². The highest BCUT2D eigenvalue weighted by molar-refractivity contribution is 6.30. The van der Waals surface area contributed by atoms with Crippen molar-refractivity contribution in [3.8, 4) is 0 Å². The number of halogens is 1. The summed E-state index contributed by atoms with van der Waals surface area (Å²) in [4.78, 5) is 22.0. The lowest BCUT2D eigenvalue weighted by Crippen LogP contribution is -2.47. The summed E-state index contributed by atoms with van der Waals surface area (Å²) in [6.07, 6.45) is 0. The summed E-state index contributed by atoms with van der Waals surface area (Å²) >= 11 is 5.89. The maximum atomic E-state index is 11.5. The van der Waals surface area contributed by atoms with Crippen LogP contribution in [-0.2, 0) is 4.79 Å². The third-order valence-electron chi connectivity index (χ3n) is 2.49. The van der Waals surface area contributed by atoms with Crippen LogP contribution in [0.5, 0.6) is 0 Å². The minimum atomic E-state index is -0.857. The number of nitrogens with one attached hydrogen (secondary N) is 2. The fourth-order valence-electron chi connectivity index (χ4n) is 1.55. The summed E-state index contributed by atoms with van der Waals surface area (Å²) in [5.74, 6) is -0.462.